The lowest BCUT2D eigenvalue weighted by molar-refractivity contribution is -0.145. The van der Waals surface area contributed by atoms with Crippen molar-refractivity contribution in [1.29, 1.82) is 0 Å². The first-order valence-electron chi connectivity index (χ1n) is 7.23. The Morgan fingerprint density at radius 2 is 1.86 bits per heavy atom. The minimum atomic E-state index is -0.304. The molecule has 1 rings (SSSR count). The van der Waals surface area contributed by atoms with Gasteiger partial charge in [0, 0.05) is 12.6 Å². The molecule has 0 radical (unpaired) electrons. The number of nitrogens with one attached hydrogen (secondary N) is 1. The predicted molar refractivity (Wildman–Crippen MR) is 81.6 cm³/mol. The van der Waals surface area contributed by atoms with Gasteiger partial charge in [0.2, 0.25) is 5.91 Å². The molecule has 1 N–H and O–H groups in total. The molecule has 0 aliphatic heterocycles. The maximum Gasteiger partial charge on any atom is 0.320 e. The molecule has 5 heteroatoms. The zero-order valence-corrected chi connectivity index (χ0v) is 13.0. The SMILES string of the molecule is CCOC(=O)CN(CC(=O)NCc1ccccc1)C(C)C. The summed E-state index contributed by atoms with van der Waals surface area (Å²) in [4.78, 5) is 25.3. The van der Waals surface area contributed by atoms with Gasteiger partial charge in [-0.25, -0.2) is 0 Å². The zero-order valence-electron chi connectivity index (χ0n) is 13.0. The van der Waals surface area contributed by atoms with Crippen molar-refractivity contribution in [1.82, 2.24) is 10.2 Å². The van der Waals surface area contributed by atoms with Gasteiger partial charge in [-0.15, -0.1) is 0 Å². The van der Waals surface area contributed by atoms with E-state index in [1.165, 1.54) is 0 Å². The molecule has 0 fully saturated rings. The molecule has 0 saturated heterocycles. The van der Waals surface area contributed by atoms with Crippen LogP contribution in [0.5, 0.6) is 0 Å². The number of amides is 1. The fraction of sp³-hybridized carbons (Fsp3) is 0.500. The van der Waals surface area contributed by atoms with Gasteiger partial charge < -0.3 is 10.1 Å². The Labute approximate surface area is 126 Å². The molecule has 1 aromatic carbocycles. The Hall–Kier alpha value is -1.88. The summed E-state index contributed by atoms with van der Waals surface area (Å²) in [6, 6.07) is 9.81. The van der Waals surface area contributed by atoms with Crippen molar-refractivity contribution in [2.75, 3.05) is 19.7 Å². The van der Waals surface area contributed by atoms with E-state index in [0.717, 1.165) is 5.56 Å². The minimum absolute atomic E-state index is 0.0943. The molecule has 21 heavy (non-hydrogen) atoms. The van der Waals surface area contributed by atoms with Crippen LogP contribution in [-0.2, 0) is 20.9 Å². The molecule has 0 aliphatic carbocycles. The summed E-state index contributed by atoms with van der Waals surface area (Å²) in [6.07, 6.45) is 0. The van der Waals surface area contributed by atoms with Crippen LogP contribution in [0, 0.1) is 0 Å². The second-order valence-electron chi connectivity index (χ2n) is 5.07. The Kier molecular flexibility index (Phi) is 7.46. The van der Waals surface area contributed by atoms with E-state index in [1.807, 2.05) is 44.2 Å². The van der Waals surface area contributed by atoms with Crippen LogP contribution in [0.15, 0.2) is 30.3 Å². The van der Waals surface area contributed by atoms with E-state index in [0.29, 0.717) is 13.2 Å². The topological polar surface area (TPSA) is 58.6 Å². The zero-order chi connectivity index (χ0) is 15.7. The molecule has 0 spiro atoms. The molecule has 0 saturated carbocycles. The summed E-state index contributed by atoms with van der Waals surface area (Å²) in [6.45, 7) is 6.82. The van der Waals surface area contributed by atoms with Crippen molar-refractivity contribution in [2.45, 2.75) is 33.4 Å². The van der Waals surface area contributed by atoms with E-state index in [-0.39, 0.29) is 31.0 Å². The fourth-order valence-corrected chi connectivity index (χ4v) is 1.83. The van der Waals surface area contributed by atoms with Gasteiger partial charge in [-0.1, -0.05) is 30.3 Å². The Morgan fingerprint density at radius 1 is 1.19 bits per heavy atom. The van der Waals surface area contributed by atoms with E-state index in [4.69, 9.17) is 4.74 Å². The summed E-state index contributed by atoms with van der Waals surface area (Å²) < 4.78 is 4.92. The van der Waals surface area contributed by atoms with Gasteiger partial charge in [0.1, 0.15) is 0 Å². The van der Waals surface area contributed by atoms with E-state index >= 15 is 0 Å². The smallest absolute Gasteiger partial charge is 0.320 e. The molecule has 0 heterocycles. The summed E-state index contributed by atoms with van der Waals surface area (Å²) in [5.74, 6) is -0.404. The highest BCUT2D eigenvalue weighted by Gasteiger charge is 2.17. The van der Waals surface area contributed by atoms with Crippen LogP contribution in [0.1, 0.15) is 26.3 Å². The van der Waals surface area contributed by atoms with Crippen molar-refractivity contribution >= 4 is 11.9 Å². The largest absolute Gasteiger partial charge is 0.465 e. The molecule has 5 nitrogen and oxygen atoms in total. The van der Waals surface area contributed by atoms with Gasteiger partial charge in [0.15, 0.2) is 0 Å². The first-order valence-corrected chi connectivity index (χ1v) is 7.23. The van der Waals surface area contributed by atoms with Gasteiger partial charge in [-0.2, -0.15) is 0 Å². The first-order chi connectivity index (χ1) is 10.0. The number of esters is 1. The second-order valence-corrected chi connectivity index (χ2v) is 5.07. The Morgan fingerprint density at radius 3 is 2.43 bits per heavy atom. The number of rotatable bonds is 8. The second kappa shape index (κ2) is 9.13. The average Bonchev–Trinajstić information content (AvgIpc) is 2.45. The maximum absolute atomic E-state index is 12.0. The molecule has 0 atom stereocenters. The van der Waals surface area contributed by atoms with Crippen molar-refractivity contribution in [2.24, 2.45) is 0 Å². The van der Waals surface area contributed by atoms with Crippen LogP contribution in [0.3, 0.4) is 0 Å². The lowest BCUT2D eigenvalue weighted by atomic mass is 10.2. The van der Waals surface area contributed by atoms with Crippen molar-refractivity contribution in [3.05, 3.63) is 35.9 Å². The molecule has 0 bridgehead atoms. The number of carbonyl (C=O) groups is 2. The van der Waals surface area contributed by atoms with Gasteiger partial charge in [-0.05, 0) is 26.3 Å². The predicted octanol–water partition coefficient (Wildman–Crippen LogP) is 1.58. The molecule has 0 aliphatic rings. The van der Waals surface area contributed by atoms with Crippen LogP contribution >= 0.6 is 0 Å². The maximum atomic E-state index is 12.0. The third-order valence-electron chi connectivity index (χ3n) is 3.05. The summed E-state index contributed by atoms with van der Waals surface area (Å²) in [7, 11) is 0. The quantitative estimate of drug-likeness (QED) is 0.739. The lowest BCUT2D eigenvalue weighted by Crippen LogP contribution is -2.43. The van der Waals surface area contributed by atoms with Crippen LogP contribution in [-0.4, -0.2) is 42.5 Å². The highest BCUT2D eigenvalue weighted by Crippen LogP contribution is 2.00. The van der Waals surface area contributed by atoms with E-state index in [9.17, 15) is 9.59 Å². The Balaban J connectivity index is 2.43. The summed E-state index contributed by atoms with van der Waals surface area (Å²) in [5, 5.41) is 2.86. The van der Waals surface area contributed by atoms with Gasteiger partial charge >= 0.3 is 5.97 Å². The standard InChI is InChI=1S/C16H24N2O3/c1-4-21-16(20)12-18(13(2)3)11-15(19)17-10-14-8-6-5-7-9-14/h5-9,13H,4,10-12H2,1-3H3,(H,17,19). The van der Waals surface area contributed by atoms with E-state index in [1.54, 1.807) is 11.8 Å². The van der Waals surface area contributed by atoms with Crippen LogP contribution in [0.4, 0.5) is 0 Å². The van der Waals surface area contributed by atoms with Gasteiger partial charge in [0.25, 0.3) is 0 Å². The normalized spacial score (nSPS) is 10.7. The summed E-state index contributed by atoms with van der Waals surface area (Å²) in [5.41, 5.74) is 1.05. The Bertz CT molecular complexity index is 446. The van der Waals surface area contributed by atoms with Gasteiger partial charge in [-0.3, -0.25) is 14.5 Å². The van der Waals surface area contributed by atoms with Crippen molar-refractivity contribution < 1.29 is 14.3 Å². The number of hydrogen-bond donors (Lipinski definition) is 1. The minimum Gasteiger partial charge on any atom is -0.465 e. The molecule has 0 unspecified atom stereocenters. The third kappa shape index (κ3) is 6.90. The number of hydrogen-bond acceptors (Lipinski definition) is 4. The summed E-state index contributed by atoms with van der Waals surface area (Å²) >= 11 is 0. The fourth-order valence-electron chi connectivity index (χ4n) is 1.83. The van der Waals surface area contributed by atoms with Crippen molar-refractivity contribution in [3.8, 4) is 0 Å². The first kappa shape index (κ1) is 17.2. The number of benzene rings is 1. The molecule has 1 aromatic rings. The molecule has 0 aromatic heterocycles. The van der Waals surface area contributed by atoms with Crippen LogP contribution < -0.4 is 5.32 Å². The average molecular weight is 292 g/mol. The highest BCUT2D eigenvalue weighted by molar-refractivity contribution is 5.79. The molecular formula is C16H24N2O3. The molecule has 116 valence electrons. The highest BCUT2D eigenvalue weighted by atomic mass is 16.5. The third-order valence-corrected chi connectivity index (χ3v) is 3.05. The van der Waals surface area contributed by atoms with Gasteiger partial charge in [0.05, 0.1) is 19.7 Å². The van der Waals surface area contributed by atoms with Crippen LogP contribution in [0.2, 0.25) is 0 Å². The molecule has 1 amide bonds. The lowest BCUT2D eigenvalue weighted by Gasteiger charge is -2.24. The van der Waals surface area contributed by atoms with Crippen molar-refractivity contribution in [3.63, 3.8) is 0 Å². The van der Waals surface area contributed by atoms with Crippen LogP contribution in [0.25, 0.3) is 0 Å². The number of carbonyl (C=O) groups excluding carboxylic acids is 2. The molecular weight excluding hydrogens is 268 g/mol. The monoisotopic (exact) mass is 292 g/mol. The van der Waals surface area contributed by atoms with E-state index in [2.05, 4.69) is 5.32 Å². The van der Waals surface area contributed by atoms with E-state index < -0.39 is 0 Å². The number of nitrogens with zero attached hydrogens (tertiary/aromatic N) is 1. The number of ether oxygens (including phenoxy) is 1.